The van der Waals surface area contributed by atoms with Gasteiger partial charge in [0.2, 0.25) is 0 Å². The van der Waals surface area contributed by atoms with Crippen LogP contribution in [0.2, 0.25) is 0 Å². The lowest BCUT2D eigenvalue weighted by molar-refractivity contribution is -0.137. The number of nitrogens with one attached hydrogen (secondary N) is 1. The van der Waals surface area contributed by atoms with Crippen molar-refractivity contribution in [1.82, 2.24) is 5.32 Å². The van der Waals surface area contributed by atoms with E-state index in [0.29, 0.717) is 0 Å². The fourth-order valence-electron chi connectivity index (χ4n) is 1.49. The molecule has 0 aliphatic carbocycles. The first kappa shape index (κ1) is 9.52. The van der Waals surface area contributed by atoms with Gasteiger partial charge in [0.15, 0.2) is 0 Å². The third kappa shape index (κ3) is 1.75. The predicted octanol–water partition coefficient (Wildman–Crippen LogP) is 2.39. The van der Waals surface area contributed by atoms with Gasteiger partial charge in [0.05, 0.1) is 5.56 Å². The molecule has 0 spiro atoms. The average Bonchev–Trinajstić information content (AvgIpc) is 2.00. The molecular formula is C10H10F3N. The van der Waals surface area contributed by atoms with Crippen LogP contribution >= 0.6 is 0 Å². The summed E-state index contributed by atoms with van der Waals surface area (Å²) in [7, 11) is 0. The Hall–Kier alpha value is -1.03. The fraction of sp³-hybridized carbons (Fsp3) is 0.400. The second kappa shape index (κ2) is 3.28. The Balaban J connectivity index is 2.26. The highest BCUT2D eigenvalue weighted by molar-refractivity contribution is 5.29. The molecular weight excluding hydrogens is 191 g/mol. The Kier molecular flexibility index (Phi) is 2.23. The highest BCUT2D eigenvalue weighted by atomic mass is 19.4. The van der Waals surface area contributed by atoms with Crippen LogP contribution < -0.4 is 5.32 Å². The van der Waals surface area contributed by atoms with Crippen molar-refractivity contribution in [2.45, 2.75) is 12.1 Å². The molecule has 1 saturated heterocycles. The zero-order valence-electron chi connectivity index (χ0n) is 7.43. The van der Waals surface area contributed by atoms with E-state index in [4.69, 9.17) is 0 Å². The van der Waals surface area contributed by atoms with Crippen LogP contribution in [0.25, 0.3) is 0 Å². The maximum Gasteiger partial charge on any atom is 0.416 e. The van der Waals surface area contributed by atoms with E-state index in [0.717, 1.165) is 24.7 Å². The lowest BCUT2D eigenvalue weighted by Crippen LogP contribution is -2.39. The normalized spacial score (nSPS) is 17.9. The van der Waals surface area contributed by atoms with Gasteiger partial charge in [-0.1, -0.05) is 18.2 Å². The Morgan fingerprint density at radius 1 is 1.21 bits per heavy atom. The molecule has 14 heavy (non-hydrogen) atoms. The molecule has 4 heteroatoms. The summed E-state index contributed by atoms with van der Waals surface area (Å²) in [5.74, 6) is 0.247. The molecule has 0 radical (unpaired) electrons. The molecule has 0 bridgehead atoms. The van der Waals surface area contributed by atoms with Crippen LogP contribution in [0.1, 0.15) is 17.0 Å². The van der Waals surface area contributed by atoms with Crippen molar-refractivity contribution in [1.29, 1.82) is 0 Å². The molecule has 1 aromatic carbocycles. The third-order valence-electron chi connectivity index (χ3n) is 2.47. The molecule has 1 aliphatic heterocycles. The van der Waals surface area contributed by atoms with Gasteiger partial charge in [0.25, 0.3) is 0 Å². The van der Waals surface area contributed by atoms with Gasteiger partial charge in [0.1, 0.15) is 0 Å². The van der Waals surface area contributed by atoms with Crippen molar-refractivity contribution in [2.75, 3.05) is 13.1 Å². The molecule has 1 nitrogen and oxygen atoms in total. The molecule has 0 unspecified atom stereocenters. The van der Waals surface area contributed by atoms with Crippen LogP contribution in [0.3, 0.4) is 0 Å². The lowest BCUT2D eigenvalue weighted by Gasteiger charge is -2.27. The van der Waals surface area contributed by atoms with E-state index >= 15 is 0 Å². The quantitative estimate of drug-likeness (QED) is 0.735. The molecule has 1 heterocycles. The maximum absolute atomic E-state index is 12.3. The Morgan fingerprint density at radius 3 is 2.43 bits per heavy atom. The molecule has 2 rings (SSSR count). The summed E-state index contributed by atoms with van der Waals surface area (Å²) in [6, 6.07) is 5.57. The van der Waals surface area contributed by atoms with Crippen molar-refractivity contribution in [3.05, 3.63) is 35.4 Å². The summed E-state index contributed by atoms with van der Waals surface area (Å²) in [6.45, 7) is 1.56. The summed E-state index contributed by atoms with van der Waals surface area (Å²) in [6.07, 6.45) is -4.23. The smallest absolute Gasteiger partial charge is 0.315 e. The van der Waals surface area contributed by atoms with Crippen molar-refractivity contribution in [2.24, 2.45) is 0 Å². The van der Waals surface area contributed by atoms with E-state index in [2.05, 4.69) is 5.32 Å². The summed E-state index contributed by atoms with van der Waals surface area (Å²) < 4.78 is 37.0. The average molecular weight is 201 g/mol. The number of halogens is 3. The van der Waals surface area contributed by atoms with Crippen molar-refractivity contribution in [3.63, 3.8) is 0 Å². The summed E-state index contributed by atoms with van der Waals surface area (Å²) in [4.78, 5) is 0. The van der Waals surface area contributed by atoms with Crippen LogP contribution in [0.5, 0.6) is 0 Å². The predicted molar refractivity (Wildman–Crippen MR) is 47.1 cm³/mol. The summed E-state index contributed by atoms with van der Waals surface area (Å²) in [5, 5.41) is 3.04. The minimum Gasteiger partial charge on any atom is -0.315 e. The topological polar surface area (TPSA) is 12.0 Å². The van der Waals surface area contributed by atoms with Gasteiger partial charge in [-0.2, -0.15) is 13.2 Å². The Labute approximate surface area is 79.9 Å². The first-order valence-electron chi connectivity index (χ1n) is 4.45. The number of alkyl halides is 3. The van der Waals surface area contributed by atoms with E-state index in [9.17, 15) is 13.2 Å². The second-order valence-corrected chi connectivity index (χ2v) is 3.48. The van der Waals surface area contributed by atoms with Crippen LogP contribution in [0.4, 0.5) is 13.2 Å². The fourth-order valence-corrected chi connectivity index (χ4v) is 1.49. The summed E-state index contributed by atoms with van der Waals surface area (Å²) >= 11 is 0. The number of rotatable bonds is 1. The van der Waals surface area contributed by atoms with E-state index in [-0.39, 0.29) is 5.92 Å². The summed E-state index contributed by atoms with van der Waals surface area (Å²) in [5.41, 5.74) is 0.223. The largest absolute Gasteiger partial charge is 0.416 e. The SMILES string of the molecule is FC(F)(F)c1cccc(C2CNC2)c1. The molecule has 76 valence electrons. The molecule has 0 amide bonds. The monoisotopic (exact) mass is 201 g/mol. The zero-order valence-corrected chi connectivity index (χ0v) is 7.43. The minimum absolute atomic E-state index is 0.247. The van der Waals surface area contributed by atoms with Gasteiger partial charge >= 0.3 is 6.18 Å². The molecule has 0 atom stereocenters. The highest BCUT2D eigenvalue weighted by Crippen LogP contribution is 2.31. The van der Waals surface area contributed by atoms with Gasteiger partial charge < -0.3 is 5.32 Å². The van der Waals surface area contributed by atoms with Crippen LogP contribution in [0.15, 0.2) is 24.3 Å². The van der Waals surface area contributed by atoms with Crippen LogP contribution in [-0.2, 0) is 6.18 Å². The molecule has 1 N–H and O–H groups in total. The highest BCUT2D eigenvalue weighted by Gasteiger charge is 2.31. The lowest BCUT2D eigenvalue weighted by atomic mass is 9.92. The van der Waals surface area contributed by atoms with Crippen LogP contribution in [0, 0.1) is 0 Å². The zero-order chi connectivity index (χ0) is 10.2. The molecule has 1 aliphatic rings. The number of hydrogen-bond acceptors (Lipinski definition) is 1. The van der Waals surface area contributed by atoms with Crippen molar-refractivity contribution in [3.8, 4) is 0 Å². The Morgan fingerprint density at radius 2 is 1.93 bits per heavy atom. The number of hydrogen-bond donors (Lipinski definition) is 1. The van der Waals surface area contributed by atoms with E-state index in [1.807, 2.05) is 0 Å². The van der Waals surface area contributed by atoms with E-state index in [1.165, 1.54) is 12.1 Å². The molecule has 1 aromatic rings. The molecule has 0 saturated carbocycles. The second-order valence-electron chi connectivity index (χ2n) is 3.48. The van der Waals surface area contributed by atoms with Crippen molar-refractivity contribution >= 4 is 0 Å². The van der Waals surface area contributed by atoms with Gasteiger partial charge in [-0.05, 0) is 11.6 Å². The maximum atomic E-state index is 12.3. The minimum atomic E-state index is -4.23. The van der Waals surface area contributed by atoms with E-state index in [1.54, 1.807) is 6.07 Å². The molecule has 0 aromatic heterocycles. The van der Waals surface area contributed by atoms with Gasteiger partial charge in [-0.3, -0.25) is 0 Å². The third-order valence-corrected chi connectivity index (χ3v) is 2.47. The van der Waals surface area contributed by atoms with Gasteiger partial charge in [-0.15, -0.1) is 0 Å². The van der Waals surface area contributed by atoms with Crippen molar-refractivity contribution < 1.29 is 13.2 Å². The van der Waals surface area contributed by atoms with Gasteiger partial charge in [-0.25, -0.2) is 0 Å². The van der Waals surface area contributed by atoms with Crippen LogP contribution in [-0.4, -0.2) is 13.1 Å². The van der Waals surface area contributed by atoms with Gasteiger partial charge in [0, 0.05) is 19.0 Å². The Bertz CT molecular complexity index is 328. The number of benzene rings is 1. The first-order chi connectivity index (χ1) is 6.57. The first-order valence-corrected chi connectivity index (χ1v) is 4.45. The van der Waals surface area contributed by atoms with E-state index < -0.39 is 11.7 Å². The molecule has 1 fully saturated rings. The standard InChI is InChI=1S/C10H10F3N/c11-10(12,13)9-3-1-2-7(4-9)8-5-14-6-8/h1-4,8,14H,5-6H2.